The Kier molecular flexibility index (Phi) is 4.46. The Bertz CT molecular complexity index is 539. The standard InChI is InChI=1S/C18H23NO3/c20-17(10-9-13-5-4-6-13)19-11-15(16(12-19)18(21)22)14-7-2-1-3-8-14/h1-3,7-8,13,15-16H,4-6,9-12H2,(H,21,22). The molecule has 0 radical (unpaired) electrons. The van der Waals surface area contributed by atoms with Gasteiger partial charge in [-0.25, -0.2) is 0 Å². The second kappa shape index (κ2) is 6.51. The third-order valence-corrected chi connectivity index (χ3v) is 5.21. The van der Waals surface area contributed by atoms with Gasteiger partial charge in [0.1, 0.15) is 0 Å². The number of nitrogens with zero attached hydrogens (tertiary/aromatic N) is 1. The summed E-state index contributed by atoms with van der Waals surface area (Å²) >= 11 is 0. The number of aliphatic carboxylic acids is 1. The van der Waals surface area contributed by atoms with Crippen molar-refractivity contribution in [3.8, 4) is 0 Å². The first-order valence-electron chi connectivity index (χ1n) is 8.20. The molecule has 3 rings (SSSR count). The van der Waals surface area contributed by atoms with Crippen molar-refractivity contribution in [2.45, 2.75) is 38.0 Å². The summed E-state index contributed by atoms with van der Waals surface area (Å²) in [6, 6.07) is 9.70. The molecule has 1 aliphatic carbocycles. The molecule has 1 saturated heterocycles. The number of likely N-dealkylation sites (tertiary alicyclic amines) is 1. The zero-order chi connectivity index (χ0) is 15.5. The van der Waals surface area contributed by atoms with Crippen LogP contribution in [0.4, 0.5) is 0 Å². The predicted octanol–water partition coefficient (Wildman–Crippen LogP) is 2.89. The fourth-order valence-electron chi connectivity index (χ4n) is 3.56. The lowest BCUT2D eigenvalue weighted by Gasteiger charge is -2.26. The molecule has 2 atom stereocenters. The summed E-state index contributed by atoms with van der Waals surface area (Å²) in [4.78, 5) is 25.7. The molecular weight excluding hydrogens is 278 g/mol. The van der Waals surface area contributed by atoms with E-state index in [4.69, 9.17) is 0 Å². The Morgan fingerprint density at radius 3 is 2.45 bits per heavy atom. The highest BCUT2D eigenvalue weighted by atomic mass is 16.4. The molecule has 0 bridgehead atoms. The van der Waals surface area contributed by atoms with Crippen molar-refractivity contribution in [2.24, 2.45) is 11.8 Å². The van der Waals surface area contributed by atoms with Crippen molar-refractivity contribution >= 4 is 11.9 Å². The second-order valence-corrected chi connectivity index (χ2v) is 6.60. The van der Waals surface area contributed by atoms with Crippen LogP contribution in [0.3, 0.4) is 0 Å². The first-order chi connectivity index (χ1) is 10.6. The van der Waals surface area contributed by atoms with E-state index in [-0.39, 0.29) is 11.8 Å². The molecule has 4 heteroatoms. The van der Waals surface area contributed by atoms with Crippen LogP contribution in [0.1, 0.15) is 43.6 Å². The van der Waals surface area contributed by atoms with Crippen LogP contribution in [0, 0.1) is 11.8 Å². The smallest absolute Gasteiger partial charge is 0.308 e. The first kappa shape index (κ1) is 15.1. The lowest BCUT2D eigenvalue weighted by molar-refractivity contribution is -0.141. The van der Waals surface area contributed by atoms with E-state index >= 15 is 0 Å². The minimum absolute atomic E-state index is 0.0913. The van der Waals surface area contributed by atoms with Crippen LogP contribution >= 0.6 is 0 Å². The van der Waals surface area contributed by atoms with Crippen LogP contribution in [-0.4, -0.2) is 35.0 Å². The molecular formula is C18H23NO3. The SMILES string of the molecule is O=C(O)C1CN(C(=O)CCC2CCC2)CC1c1ccccc1. The maximum absolute atomic E-state index is 12.4. The average molecular weight is 301 g/mol. The Balaban J connectivity index is 1.64. The molecule has 0 spiro atoms. The quantitative estimate of drug-likeness (QED) is 0.909. The number of carbonyl (C=O) groups is 2. The number of amides is 1. The summed E-state index contributed by atoms with van der Waals surface area (Å²) in [6.07, 6.45) is 5.32. The van der Waals surface area contributed by atoms with Gasteiger partial charge >= 0.3 is 5.97 Å². The summed E-state index contributed by atoms with van der Waals surface area (Å²) in [5, 5.41) is 9.47. The molecule has 2 fully saturated rings. The number of benzene rings is 1. The number of hydrogen-bond acceptors (Lipinski definition) is 2. The van der Waals surface area contributed by atoms with Gasteiger partial charge in [0.2, 0.25) is 5.91 Å². The highest BCUT2D eigenvalue weighted by molar-refractivity contribution is 5.79. The van der Waals surface area contributed by atoms with Crippen LogP contribution in [-0.2, 0) is 9.59 Å². The zero-order valence-electron chi connectivity index (χ0n) is 12.8. The summed E-state index contributed by atoms with van der Waals surface area (Å²) < 4.78 is 0. The van der Waals surface area contributed by atoms with Crippen LogP contribution in [0.25, 0.3) is 0 Å². The molecule has 22 heavy (non-hydrogen) atoms. The van der Waals surface area contributed by atoms with Crippen molar-refractivity contribution in [3.63, 3.8) is 0 Å². The largest absolute Gasteiger partial charge is 0.481 e. The fourth-order valence-corrected chi connectivity index (χ4v) is 3.56. The lowest BCUT2D eigenvalue weighted by Crippen LogP contribution is -2.30. The highest BCUT2D eigenvalue weighted by Gasteiger charge is 2.40. The molecule has 2 aliphatic rings. The van der Waals surface area contributed by atoms with Crippen molar-refractivity contribution < 1.29 is 14.7 Å². The average Bonchev–Trinajstić information content (AvgIpc) is 2.92. The third kappa shape index (κ3) is 3.16. The number of carboxylic acid groups (broad SMARTS) is 1. The van der Waals surface area contributed by atoms with E-state index in [2.05, 4.69) is 0 Å². The van der Waals surface area contributed by atoms with Crippen molar-refractivity contribution in [2.75, 3.05) is 13.1 Å². The molecule has 1 heterocycles. The van der Waals surface area contributed by atoms with E-state index in [0.717, 1.165) is 12.0 Å². The van der Waals surface area contributed by atoms with Gasteiger partial charge in [-0.2, -0.15) is 0 Å². The number of rotatable bonds is 5. The highest BCUT2D eigenvalue weighted by Crippen LogP contribution is 2.34. The van der Waals surface area contributed by atoms with Crippen molar-refractivity contribution in [1.82, 2.24) is 4.90 Å². The number of carboxylic acids is 1. The van der Waals surface area contributed by atoms with E-state index in [1.54, 1.807) is 4.90 Å². The Morgan fingerprint density at radius 1 is 1.14 bits per heavy atom. The molecule has 2 unspecified atom stereocenters. The van der Waals surface area contributed by atoms with Gasteiger partial charge in [0, 0.05) is 25.4 Å². The van der Waals surface area contributed by atoms with Gasteiger partial charge in [-0.3, -0.25) is 9.59 Å². The lowest BCUT2D eigenvalue weighted by atomic mass is 9.82. The maximum atomic E-state index is 12.4. The molecule has 118 valence electrons. The van der Waals surface area contributed by atoms with E-state index in [9.17, 15) is 14.7 Å². The molecule has 1 saturated carbocycles. The summed E-state index contributed by atoms with van der Waals surface area (Å²) in [5.41, 5.74) is 1.02. The third-order valence-electron chi connectivity index (χ3n) is 5.21. The monoisotopic (exact) mass is 301 g/mol. The second-order valence-electron chi connectivity index (χ2n) is 6.60. The minimum Gasteiger partial charge on any atom is -0.481 e. The van der Waals surface area contributed by atoms with Gasteiger partial charge in [-0.1, -0.05) is 49.6 Å². The van der Waals surface area contributed by atoms with E-state index in [1.165, 1.54) is 19.3 Å². The Hall–Kier alpha value is -1.84. The molecule has 1 aliphatic heterocycles. The van der Waals surface area contributed by atoms with Gasteiger partial charge in [0.25, 0.3) is 0 Å². The number of hydrogen-bond donors (Lipinski definition) is 1. The predicted molar refractivity (Wildman–Crippen MR) is 83.5 cm³/mol. The van der Waals surface area contributed by atoms with Crippen LogP contribution in [0.15, 0.2) is 30.3 Å². The number of carbonyl (C=O) groups excluding carboxylic acids is 1. The van der Waals surface area contributed by atoms with E-state index in [1.807, 2.05) is 30.3 Å². The zero-order valence-corrected chi connectivity index (χ0v) is 12.8. The Labute approximate surface area is 131 Å². The van der Waals surface area contributed by atoms with E-state index in [0.29, 0.717) is 25.4 Å². The molecule has 1 aromatic carbocycles. The summed E-state index contributed by atoms with van der Waals surface area (Å²) in [7, 11) is 0. The van der Waals surface area contributed by atoms with Gasteiger partial charge in [-0.05, 0) is 17.9 Å². The molecule has 1 amide bonds. The normalized spacial score (nSPS) is 25.0. The topological polar surface area (TPSA) is 57.6 Å². The molecule has 4 nitrogen and oxygen atoms in total. The van der Waals surface area contributed by atoms with Crippen LogP contribution < -0.4 is 0 Å². The summed E-state index contributed by atoms with van der Waals surface area (Å²) in [5.74, 6) is -0.548. The van der Waals surface area contributed by atoms with Crippen LogP contribution in [0.5, 0.6) is 0 Å². The van der Waals surface area contributed by atoms with Crippen molar-refractivity contribution in [1.29, 1.82) is 0 Å². The fraction of sp³-hybridized carbons (Fsp3) is 0.556. The van der Waals surface area contributed by atoms with Crippen LogP contribution in [0.2, 0.25) is 0 Å². The molecule has 1 aromatic rings. The first-order valence-corrected chi connectivity index (χ1v) is 8.20. The Morgan fingerprint density at radius 2 is 1.86 bits per heavy atom. The minimum atomic E-state index is -0.803. The van der Waals surface area contributed by atoms with E-state index < -0.39 is 11.9 Å². The van der Waals surface area contributed by atoms with Gasteiger partial charge in [0.15, 0.2) is 0 Å². The maximum Gasteiger partial charge on any atom is 0.308 e. The van der Waals surface area contributed by atoms with Gasteiger partial charge < -0.3 is 10.0 Å². The van der Waals surface area contributed by atoms with Gasteiger partial charge in [0.05, 0.1) is 5.92 Å². The summed E-state index contributed by atoms with van der Waals surface area (Å²) in [6.45, 7) is 0.878. The molecule has 0 aromatic heterocycles. The van der Waals surface area contributed by atoms with Gasteiger partial charge in [-0.15, -0.1) is 0 Å². The van der Waals surface area contributed by atoms with Crippen molar-refractivity contribution in [3.05, 3.63) is 35.9 Å². The molecule has 1 N–H and O–H groups in total.